The van der Waals surface area contributed by atoms with Crippen molar-refractivity contribution in [2.75, 3.05) is 5.32 Å². The molecule has 4 nitrogen and oxygen atoms in total. The van der Waals surface area contributed by atoms with Gasteiger partial charge in [0.25, 0.3) is 0 Å². The summed E-state index contributed by atoms with van der Waals surface area (Å²) in [7, 11) is 0. The highest BCUT2D eigenvalue weighted by Crippen LogP contribution is 2.23. The third kappa shape index (κ3) is 4.86. The first kappa shape index (κ1) is 19.4. The lowest BCUT2D eigenvalue weighted by atomic mass is 10.1. The van der Waals surface area contributed by atoms with Gasteiger partial charge in [0, 0.05) is 11.6 Å². The molecule has 0 aliphatic carbocycles. The molecule has 0 heterocycles. The maximum Gasteiger partial charge on any atom is 0.343 e. The van der Waals surface area contributed by atoms with Crippen molar-refractivity contribution in [1.29, 1.82) is 0 Å². The Morgan fingerprint density at radius 3 is 2.25 bits per heavy atom. The van der Waals surface area contributed by atoms with Crippen molar-refractivity contribution in [1.82, 2.24) is 0 Å². The Morgan fingerprint density at radius 1 is 0.893 bits per heavy atom. The van der Waals surface area contributed by atoms with Gasteiger partial charge in [-0.3, -0.25) is 4.79 Å². The van der Waals surface area contributed by atoms with Crippen molar-refractivity contribution in [2.45, 2.75) is 20.3 Å². The van der Waals surface area contributed by atoms with Crippen LogP contribution in [0.15, 0.2) is 78.9 Å². The topological polar surface area (TPSA) is 55.4 Å². The molecule has 0 fully saturated rings. The lowest BCUT2D eigenvalue weighted by Crippen LogP contribution is -2.20. The van der Waals surface area contributed by atoms with Gasteiger partial charge in [0.05, 0.1) is 5.56 Å². The second-order valence-electron chi connectivity index (χ2n) is 6.66. The van der Waals surface area contributed by atoms with Crippen molar-refractivity contribution >= 4 is 17.6 Å². The van der Waals surface area contributed by atoms with Crippen LogP contribution in [0.25, 0.3) is 11.1 Å². The molecule has 0 saturated carbocycles. The molecule has 1 unspecified atom stereocenters. The monoisotopic (exact) mass is 373 g/mol. The van der Waals surface area contributed by atoms with Crippen LogP contribution in [0.5, 0.6) is 5.75 Å². The third-order valence-electron chi connectivity index (χ3n) is 4.60. The van der Waals surface area contributed by atoms with Gasteiger partial charge in [-0.1, -0.05) is 62.4 Å². The van der Waals surface area contributed by atoms with E-state index in [2.05, 4.69) is 5.32 Å². The molecule has 0 saturated heterocycles. The number of esters is 1. The van der Waals surface area contributed by atoms with Crippen LogP contribution in [-0.2, 0) is 4.79 Å². The van der Waals surface area contributed by atoms with E-state index >= 15 is 0 Å². The van der Waals surface area contributed by atoms with E-state index in [1.165, 1.54) is 0 Å². The van der Waals surface area contributed by atoms with Crippen LogP contribution in [0.1, 0.15) is 30.6 Å². The molecular formula is C24H23NO3. The molecule has 142 valence electrons. The van der Waals surface area contributed by atoms with Crippen LogP contribution in [0.3, 0.4) is 0 Å². The Morgan fingerprint density at radius 2 is 1.57 bits per heavy atom. The first-order valence-corrected chi connectivity index (χ1v) is 9.35. The largest absolute Gasteiger partial charge is 0.423 e. The quantitative estimate of drug-likeness (QED) is 0.455. The zero-order valence-electron chi connectivity index (χ0n) is 16.0. The second-order valence-corrected chi connectivity index (χ2v) is 6.66. The molecule has 3 aromatic carbocycles. The van der Waals surface area contributed by atoms with Gasteiger partial charge in [0.2, 0.25) is 5.91 Å². The maximum absolute atomic E-state index is 12.5. The van der Waals surface area contributed by atoms with Gasteiger partial charge in [0.15, 0.2) is 0 Å². The highest BCUT2D eigenvalue weighted by atomic mass is 16.5. The summed E-state index contributed by atoms with van der Waals surface area (Å²) in [4.78, 5) is 24.5. The summed E-state index contributed by atoms with van der Waals surface area (Å²) < 4.78 is 5.47. The molecule has 3 rings (SSSR count). The van der Waals surface area contributed by atoms with E-state index in [9.17, 15) is 9.59 Å². The Balaban J connectivity index is 1.68. The highest BCUT2D eigenvalue weighted by molar-refractivity contribution is 5.96. The summed E-state index contributed by atoms with van der Waals surface area (Å²) in [6.45, 7) is 3.83. The first-order chi connectivity index (χ1) is 13.6. The number of carbonyl (C=O) groups excluding carboxylic acids is 2. The van der Waals surface area contributed by atoms with Crippen LogP contribution in [0.4, 0.5) is 5.69 Å². The van der Waals surface area contributed by atoms with Crippen molar-refractivity contribution < 1.29 is 14.3 Å². The van der Waals surface area contributed by atoms with E-state index in [0.717, 1.165) is 17.5 Å². The Hall–Kier alpha value is -3.40. The van der Waals surface area contributed by atoms with E-state index in [4.69, 9.17) is 4.74 Å². The molecule has 1 N–H and O–H groups in total. The molecule has 1 atom stereocenters. The van der Waals surface area contributed by atoms with Gasteiger partial charge in [-0.15, -0.1) is 0 Å². The molecule has 4 heteroatoms. The minimum Gasteiger partial charge on any atom is -0.423 e. The number of ether oxygens (including phenoxy) is 1. The number of carbonyl (C=O) groups is 2. The third-order valence-corrected chi connectivity index (χ3v) is 4.60. The number of amides is 1. The molecular weight excluding hydrogens is 350 g/mol. The number of benzene rings is 3. The van der Waals surface area contributed by atoms with Gasteiger partial charge >= 0.3 is 5.97 Å². The smallest absolute Gasteiger partial charge is 0.343 e. The molecule has 1 amide bonds. The standard InChI is InChI=1S/C24H23NO3/c1-3-17(2)23(26)25-21-11-7-10-20(16-21)24(27)28-22-14-12-19(13-15-22)18-8-5-4-6-9-18/h4-17H,3H2,1-2H3,(H,25,26). The van der Waals surface area contributed by atoms with Crippen LogP contribution < -0.4 is 10.1 Å². The summed E-state index contributed by atoms with van der Waals surface area (Å²) in [5, 5.41) is 2.83. The minimum absolute atomic E-state index is 0.0653. The van der Waals surface area contributed by atoms with Gasteiger partial charge in [0.1, 0.15) is 5.75 Å². The highest BCUT2D eigenvalue weighted by Gasteiger charge is 2.13. The second kappa shape index (κ2) is 9.00. The Labute approximate surface area is 165 Å². The van der Waals surface area contributed by atoms with Crippen molar-refractivity contribution in [3.8, 4) is 16.9 Å². The summed E-state index contributed by atoms with van der Waals surface area (Å²) in [5.41, 5.74) is 3.12. The first-order valence-electron chi connectivity index (χ1n) is 9.35. The van der Waals surface area contributed by atoms with Gasteiger partial charge < -0.3 is 10.1 Å². The fraction of sp³-hybridized carbons (Fsp3) is 0.167. The molecule has 3 aromatic rings. The predicted octanol–water partition coefficient (Wildman–Crippen LogP) is 5.56. The molecule has 0 aromatic heterocycles. The normalized spacial score (nSPS) is 11.5. The molecule has 0 radical (unpaired) electrons. The summed E-state index contributed by atoms with van der Waals surface area (Å²) in [6.07, 6.45) is 0.756. The number of hydrogen-bond donors (Lipinski definition) is 1. The zero-order valence-corrected chi connectivity index (χ0v) is 16.0. The number of anilines is 1. The average molecular weight is 373 g/mol. The lowest BCUT2D eigenvalue weighted by molar-refractivity contribution is -0.119. The SMILES string of the molecule is CCC(C)C(=O)Nc1cccc(C(=O)Oc2ccc(-c3ccccc3)cc2)c1. The molecule has 0 aliphatic heterocycles. The fourth-order valence-electron chi connectivity index (χ4n) is 2.69. The molecule has 0 spiro atoms. The number of hydrogen-bond acceptors (Lipinski definition) is 3. The zero-order chi connectivity index (χ0) is 19.9. The summed E-state index contributed by atoms with van der Waals surface area (Å²) in [5.74, 6) is -0.144. The Bertz CT molecular complexity index is 949. The molecule has 0 aliphatic rings. The lowest BCUT2D eigenvalue weighted by Gasteiger charge is -2.11. The van der Waals surface area contributed by atoms with E-state index in [1.54, 1.807) is 36.4 Å². The van der Waals surface area contributed by atoms with Crippen LogP contribution in [0.2, 0.25) is 0 Å². The molecule has 28 heavy (non-hydrogen) atoms. The van der Waals surface area contributed by atoms with Gasteiger partial charge in [-0.2, -0.15) is 0 Å². The predicted molar refractivity (Wildman–Crippen MR) is 111 cm³/mol. The van der Waals surface area contributed by atoms with E-state index in [1.807, 2.05) is 56.3 Å². The van der Waals surface area contributed by atoms with E-state index in [-0.39, 0.29) is 11.8 Å². The van der Waals surface area contributed by atoms with Crippen LogP contribution in [0, 0.1) is 5.92 Å². The summed E-state index contributed by atoms with van der Waals surface area (Å²) >= 11 is 0. The summed E-state index contributed by atoms with van der Waals surface area (Å²) in [6, 6.07) is 24.1. The average Bonchev–Trinajstić information content (AvgIpc) is 2.74. The Kier molecular flexibility index (Phi) is 6.22. The maximum atomic E-state index is 12.5. The van der Waals surface area contributed by atoms with E-state index in [0.29, 0.717) is 17.0 Å². The van der Waals surface area contributed by atoms with Crippen molar-refractivity contribution in [3.05, 3.63) is 84.4 Å². The van der Waals surface area contributed by atoms with Gasteiger partial charge in [-0.05, 0) is 47.9 Å². The fourth-order valence-corrected chi connectivity index (χ4v) is 2.69. The number of nitrogens with one attached hydrogen (secondary N) is 1. The molecule has 0 bridgehead atoms. The van der Waals surface area contributed by atoms with Crippen LogP contribution >= 0.6 is 0 Å². The van der Waals surface area contributed by atoms with E-state index < -0.39 is 5.97 Å². The van der Waals surface area contributed by atoms with Crippen molar-refractivity contribution in [2.24, 2.45) is 5.92 Å². The minimum atomic E-state index is -0.466. The van der Waals surface area contributed by atoms with Crippen LogP contribution in [-0.4, -0.2) is 11.9 Å². The van der Waals surface area contributed by atoms with Gasteiger partial charge in [-0.25, -0.2) is 4.79 Å². The number of rotatable bonds is 6. The van der Waals surface area contributed by atoms with Crippen molar-refractivity contribution in [3.63, 3.8) is 0 Å².